The average Bonchev–Trinajstić information content (AvgIpc) is 3.37. The lowest BCUT2D eigenvalue weighted by Crippen LogP contribution is -2.58. The summed E-state index contributed by atoms with van der Waals surface area (Å²) in [5, 5.41) is 31.9. The summed E-state index contributed by atoms with van der Waals surface area (Å²) in [5.41, 5.74) is -1.06. The molecular weight excluding hydrogens is 460 g/mol. The van der Waals surface area contributed by atoms with E-state index in [-0.39, 0.29) is 5.75 Å². The van der Waals surface area contributed by atoms with E-state index in [1.165, 1.54) is 0 Å². The standard InChI is InChI=1S/C21H34O11S/c1-19(2)28-11-12(29-19)15-18(32-21(5,6)31-15)26-14(11)17(24)33-7-8(22)9-10-13(16(23)25-9)30-20(3,4)27-10/h8-18,22-24H,7H2,1-6H3/t8-,9-,10+,11-,12+,13+,14+,15-,16+,17?,18-/m1/s1. The summed E-state index contributed by atoms with van der Waals surface area (Å²) in [6.45, 7) is 10.7. The minimum Gasteiger partial charge on any atom is -0.389 e. The zero-order valence-electron chi connectivity index (χ0n) is 19.6. The molecule has 5 aliphatic heterocycles. The van der Waals surface area contributed by atoms with Crippen LogP contribution in [-0.2, 0) is 37.9 Å². The van der Waals surface area contributed by atoms with E-state index < -0.39 is 84.2 Å². The van der Waals surface area contributed by atoms with E-state index in [1.807, 2.05) is 0 Å². The monoisotopic (exact) mass is 494 g/mol. The molecule has 0 aromatic carbocycles. The molecule has 0 aromatic rings. The van der Waals surface area contributed by atoms with Gasteiger partial charge in [0.2, 0.25) is 0 Å². The van der Waals surface area contributed by atoms with Crippen LogP contribution in [-0.4, -0.2) is 105 Å². The molecule has 3 N–H and O–H groups in total. The first kappa shape index (κ1) is 24.6. The van der Waals surface area contributed by atoms with Crippen LogP contribution in [0.1, 0.15) is 41.5 Å². The first-order valence-corrected chi connectivity index (χ1v) is 12.3. The molecule has 5 fully saturated rings. The van der Waals surface area contributed by atoms with Gasteiger partial charge in [0.05, 0.1) is 6.10 Å². The molecule has 5 heterocycles. The maximum Gasteiger partial charge on any atom is 0.190 e. The quantitative estimate of drug-likeness (QED) is 0.445. The molecule has 0 radical (unpaired) electrons. The van der Waals surface area contributed by atoms with Crippen molar-refractivity contribution in [3.8, 4) is 0 Å². The minimum absolute atomic E-state index is 0.101. The predicted molar refractivity (Wildman–Crippen MR) is 112 cm³/mol. The molecule has 190 valence electrons. The predicted octanol–water partition coefficient (Wildman–Crippen LogP) is 0.0327. The molecule has 0 aliphatic carbocycles. The highest BCUT2D eigenvalue weighted by atomic mass is 32.2. The minimum atomic E-state index is -1.19. The fourth-order valence-electron chi connectivity index (χ4n) is 5.18. The van der Waals surface area contributed by atoms with Gasteiger partial charge in [0.25, 0.3) is 0 Å². The summed E-state index contributed by atoms with van der Waals surface area (Å²) in [6.07, 6.45) is -7.36. The Morgan fingerprint density at radius 2 is 1.18 bits per heavy atom. The first-order valence-electron chi connectivity index (χ1n) is 11.3. The molecule has 0 bridgehead atoms. The average molecular weight is 495 g/mol. The summed E-state index contributed by atoms with van der Waals surface area (Å²) >= 11 is 1.09. The molecule has 1 unspecified atom stereocenters. The second-order valence-corrected chi connectivity index (χ2v) is 11.6. The van der Waals surface area contributed by atoms with Gasteiger partial charge in [-0.05, 0) is 41.5 Å². The van der Waals surface area contributed by atoms with Crippen LogP contribution in [0.15, 0.2) is 0 Å². The van der Waals surface area contributed by atoms with Crippen molar-refractivity contribution in [3.63, 3.8) is 0 Å². The summed E-state index contributed by atoms with van der Waals surface area (Å²) in [7, 11) is 0. The molecule has 33 heavy (non-hydrogen) atoms. The number of aliphatic hydroxyl groups is 3. The Morgan fingerprint density at radius 1 is 0.667 bits per heavy atom. The van der Waals surface area contributed by atoms with Crippen molar-refractivity contribution < 1.29 is 53.2 Å². The highest BCUT2D eigenvalue weighted by Gasteiger charge is 2.62. The lowest BCUT2D eigenvalue weighted by Gasteiger charge is -2.39. The van der Waals surface area contributed by atoms with Crippen LogP contribution in [0, 0.1) is 0 Å². The van der Waals surface area contributed by atoms with Crippen LogP contribution in [0.25, 0.3) is 0 Å². The molecule has 11 atom stereocenters. The largest absolute Gasteiger partial charge is 0.389 e. The van der Waals surface area contributed by atoms with Gasteiger partial charge in [0.15, 0.2) is 29.9 Å². The van der Waals surface area contributed by atoms with E-state index in [0.717, 1.165) is 11.8 Å². The van der Waals surface area contributed by atoms with Crippen molar-refractivity contribution in [3.05, 3.63) is 0 Å². The summed E-state index contributed by atoms with van der Waals surface area (Å²) in [6, 6.07) is 0. The zero-order chi connectivity index (χ0) is 23.9. The maximum absolute atomic E-state index is 11.0. The Balaban J connectivity index is 1.24. The van der Waals surface area contributed by atoms with Crippen LogP contribution in [0.2, 0.25) is 0 Å². The normalized spacial score (nSPS) is 48.8. The van der Waals surface area contributed by atoms with Crippen molar-refractivity contribution in [2.45, 2.75) is 126 Å². The van der Waals surface area contributed by atoms with E-state index in [0.29, 0.717) is 0 Å². The number of hydrogen-bond donors (Lipinski definition) is 3. The molecule has 5 rings (SSSR count). The molecule has 12 heteroatoms. The van der Waals surface area contributed by atoms with E-state index in [4.69, 9.17) is 37.9 Å². The van der Waals surface area contributed by atoms with Gasteiger partial charge >= 0.3 is 0 Å². The molecule has 5 saturated heterocycles. The van der Waals surface area contributed by atoms with Gasteiger partial charge < -0.3 is 53.2 Å². The van der Waals surface area contributed by atoms with Crippen molar-refractivity contribution in [1.82, 2.24) is 0 Å². The number of aliphatic hydroxyl groups excluding tert-OH is 3. The van der Waals surface area contributed by atoms with E-state index in [9.17, 15) is 15.3 Å². The molecule has 0 spiro atoms. The van der Waals surface area contributed by atoms with E-state index in [1.54, 1.807) is 41.5 Å². The lowest BCUT2D eigenvalue weighted by molar-refractivity contribution is -0.243. The summed E-state index contributed by atoms with van der Waals surface area (Å²) in [4.78, 5) is 0. The topological polar surface area (TPSA) is 135 Å². The molecule has 11 nitrogen and oxygen atoms in total. The second kappa shape index (κ2) is 8.22. The fourth-order valence-corrected chi connectivity index (χ4v) is 6.17. The zero-order valence-corrected chi connectivity index (χ0v) is 20.4. The van der Waals surface area contributed by atoms with Crippen molar-refractivity contribution >= 4 is 11.8 Å². The van der Waals surface area contributed by atoms with Gasteiger partial charge in [-0.3, -0.25) is 0 Å². The van der Waals surface area contributed by atoms with Crippen molar-refractivity contribution in [2.75, 3.05) is 5.75 Å². The Bertz CT molecular complexity index is 748. The maximum atomic E-state index is 11.0. The number of rotatable bonds is 5. The molecule has 0 amide bonds. The Labute approximate surface area is 196 Å². The third kappa shape index (κ3) is 4.58. The summed E-state index contributed by atoms with van der Waals surface area (Å²) in [5.74, 6) is -2.51. The van der Waals surface area contributed by atoms with E-state index >= 15 is 0 Å². The molecule has 0 saturated carbocycles. The number of thioether (sulfide) groups is 1. The number of ether oxygens (including phenoxy) is 8. The Morgan fingerprint density at radius 3 is 1.85 bits per heavy atom. The lowest BCUT2D eigenvalue weighted by atomic mass is 9.99. The van der Waals surface area contributed by atoms with Crippen LogP contribution in [0.5, 0.6) is 0 Å². The third-order valence-electron chi connectivity index (χ3n) is 6.35. The smallest absolute Gasteiger partial charge is 0.190 e. The van der Waals surface area contributed by atoms with E-state index in [2.05, 4.69) is 0 Å². The van der Waals surface area contributed by atoms with Gasteiger partial charge in [-0.2, -0.15) is 0 Å². The SMILES string of the molecule is CC1(C)O[C@H]2[C@@H](O1)[C@@H](C(O)SC[C@@H](O)[C@H]1O[C@H](O)[C@H]3OC(C)(C)O[C@@H]13)O[C@@H]1OC(C)(C)O[C@@H]12. The molecular formula is C21H34O11S. The number of fused-ring (bicyclic) bond motifs is 4. The van der Waals surface area contributed by atoms with Gasteiger partial charge in [-0.15, -0.1) is 11.8 Å². The number of hydrogen-bond acceptors (Lipinski definition) is 12. The van der Waals surface area contributed by atoms with Crippen LogP contribution < -0.4 is 0 Å². The molecule has 5 aliphatic rings. The Kier molecular flexibility index (Phi) is 6.13. The highest BCUT2D eigenvalue weighted by Crippen LogP contribution is 2.46. The van der Waals surface area contributed by atoms with Crippen LogP contribution in [0.3, 0.4) is 0 Å². The Hall–Kier alpha value is -0.0900. The van der Waals surface area contributed by atoms with Crippen molar-refractivity contribution in [1.29, 1.82) is 0 Å². The third-order valence-corrected chi connectivity index (χ3v) is 7.50. The van der Waals surface area contributed by atoms with Gasteiger partial charge in [-0.25, -0.2) is 0 Å². The van der Waals surface area contributed by atoms with Crippen LogP contribution in [0.4, 0.5) is 0 Å². The molecule has 0 aromatic heterocycles. The first-order chi connectivity index (χ1) is 15.3. The second-order valence-electron chi connectivity index (χ2n) is 10.5. The van der Waals surface area contributed by atoms with Crippen molar-refractivity contribution in [2.24, 2.45) is 0 Å². The fraction of sp³-hybridized carbons (Fsp3) is 1.00. The van der Waals surface area contributed by atoms with Gasteiger partial charge in [0, 0.05) is 5.75 Å². The summed E-state index contributed by atoms with van der Waals surface area (Å²) < 4.78 is 47.0. The van der Waals surface area contributed by atoms with Gasteiger partial charge in [-0.1, -0.05) is 0 Å². The highest BCUT2D eigenvalue weighted by molar-refractivity contribution is 7.99. The van der Waals surface area contributed by atoms with Gasteiger partial charge in [0.1, 0.15) is 48.2 Å². The van der Waals surface area contributed by atoms with Crippen LogP contribution >= 0.6 is 11.8 Å².